The quantitative estimate of drug-likeness (QED) is 0.306. The number of H-pyrrole nitrogens is 1. The molecule has 1 heterocycles. The number of alkyl halides is 1. The number of halogens is 1. The van der Waals surface area contributed by atoms with E-state index in [9.17, 15) is 0 Å². The summed E-state index contributed by atoms with van der Waals surface area (Å²) in [5, 5.41) is 3.97. The van der Waals surface area contributed by atoms with Gasteiger partial charge in [-0.3, -0.25) is 0 Å². The Bertz CT molecular complexity index is 908. The second-order valence-electron chi connectivity index (χ2n) is 8.26. The van der Waals surface area contributed by atoms with Crippen molar-refractivity contribution in [3.63, 3.8) is 0 Å². The van der Waals surface area contributed by atoms with Crippen LogP contribution in [0.4, 0.5) is 0 Å². The zero-order valence-electron chi connectivity index (χ0n) is 14.8. The Morgan fingerprint density at radius 2 is 2.16 bits per heavy atom. The van der Waals surface area contributed by atoms with E-state index in [-0.39, 0.29) is 28.2 Å². The van der Waals surface area contributed by atoms with Crippen LogP contribution in [0.1, 0.15) is 44.2 Å². The van der Waals surface area contributed by atoms with Crippen LogP contribution in [0.2, 0.25) is 0 Å². The maximum atomic E-state index is 6.90. The van der Waals surface area contributed by atoms with Gasteiger partial charge >= 0.3 is 0 Å². The van der Waals surface area contributed by atoms with E-state index in [2.05, 4.69) is 66.9 Å². The van der Waals surface area contributed by atoms with Crippen molar-refractivity contribution < 1.29 is 0 Å². The first-order valence-electron chi connectivity index (χ1n) is 8.81. The van der Waals surface area contributed by atoms with Crippen molar-refractivity contribution in [3.05, 3.63) is 48.2 Å². The van der Waals surface area contributed by atoms with Gasteiger partial charge in [0, 0.05) is 33.8 Å². The van der Waals surface area contributed by atoms with Gasteiger partial charge in [-0.15, -0.1) is 18.2 Å². The van der Waals surface area contributed by atoms with E-state index in [0.29, 0.717) is 5.92 Å². The van der Waals surface area contributed by atoms with Crippen LogP contribution in [-0.2, 0) is 5.41 Å². The van der Waals surface area contributed by atoms with Crippen molar-refractivity contribution in [2.24, 2.45) is 16.3 Å². The van der Waals surface area contributed by atoms with E-state index < -0.39 is 0 Å². The number of nitrogens with one attached hydrogen (secondary N) is 1. The van der Waals surface area contributed by atoms with Crippen molar-refractivity contribution in [3.8, 4) is 0 Å². The van der Waals surface area contributed by atoms with Crippen LogP contribution in [0.5, 0.6) is 0 Å². The van der Waals surface area contributed by atoms with E-state index >= 15 is 0 Å². The molecule has 0 amide bonds. The van der Waals surface area contributed by atoms with Gasteiger partial charge in [0.1, 0.15) is 0 Å². The summed E-state index contributed by atoms with van der Waals surface area (Å²) in [6, 6.07) is 6.51. The lowest BCUT2D eigenvalue weighted by Gasteiger charge is -2.55. The summed E-state index contributed by atoms with van der Waals surface area (Å²) in [6.45, 7) is 10.9. The minimum Gasteiger partial charge on any atom is -0.361 e. The van der Waals surface area contributed by atoms with Crippen LogP contribution in [-0.4, -0.2) is 21.6 Å². The third-order valence-electron chi connectivity index (χ3n) is 6.89. The summed E-state index contributed by atoms with van der Waals surface area (Å²) >= 11 is 11.9. The first kappa shape index (κ1) is 17.0. The number of aliphatic imine (C=N–C) groups is 1. The summed E-state index contributed by atoms with van der Waals surface area (Å²) in [6.07, 6.45) is 5.07. The van der Waals surface area contributed by atoms with E-state index in [0.717, 1.165) is 6.42 Å². The first-order valence-corrected chi connectivity index (χ1v) is 9.65. The van der Waals surface area contributed by atoms with Gasteiger partial charge in [-0.2, -0.15) is 0 Å². The molecular weight excluding hydrogens is 348 g/mol. The predicted molar refractivity (Wildman–Crippen MR) is 109 cm³/mol. The average molecular weight is 371 g/mol. The molecule has 2 aliphatic rings. The average Bonchev–Trinajstić information content (AvgIpc) is 3.01. The van der Waals surface area contributed by atoms with Gasteiger partial charge in [0.25, 0.3) is 0 Å². The minimum atomic E-state index is -0.305. The fourth-order valence-corrected chi connectivity index (χ4v) is 5.81. The maximum absolute atomic E-state index is 6.90. The number of hydrogen-bond acceptors (Lipinski definition) is 2. The molecule has 25 heavy (non-hydrogen) atoms. The Labute approximate surface area is 159 Å². The zero-order valence-corrected chi connectivity index (χ0v) is 16.4. The molecule has 1 N–H and O–H groups in total. The molecule has 1 aromatic heterocycles. The van der Waals surface area contributed by atoms with Gasteiger partial charge in [-0.1, -0.05) is 39.0 Å². The van der Waals surface area contributed by atoms with Crippen LogP contribution in [0.3, 0.4) is 0 Å². The number of benzene rings is 1. The first-order chi connectivity index (χ1) is 11.9. The standard InChI is InChI=1S/C21H23ClN2S/c1-5-21(4)16(22)9-14-18(19(21)24-11-25)12-10-23-15-8-6-7-13(17(12)15)20(14,2)3/h5-8,10,14,16,18-19,23H,1,9H2,2-4H3/t14-,16+,18-,19+,21+/m0/s1. The second-order valence-corrected chi connectivity index (χ2v) is 8.97. The fraction of sp³-hybridized carbons (Fsp3) is 0.476. The van der Waals surface area contributed by atoms with Gasteiger partial charge in [-0.05, 0) is 47.2 Å². The third kappa shape index (κ3) is 2.10. The SMILES string of the molecule is C=C[C@]1(C)[C@H](Cl)C[C@H]2[C@H](c3c[nH]c4cccc(c34)C2(C)C)[C@H]1N=C=S. The molecule has 0 aliphatic heterocycles. The minimum absolute atomic E-state index is 0.0181. The van der Waals surface area contributed by atoms with Crippen LogP contribution in [0, 0.1) is 11.3 Å². The molecule has 2 aromatic rings. The lowest BCUT2D eigenvalue weighted by atomic mass is 9.51. The van der Waals surface area contributed by atoms with E-state index in [4.69, 9.17) is 23.8 Å². The Balaban J connectivity index is 2.04. The van der Waals surface area contributed by atoms with Crippen molar-refractivity contribution in [2.45, 2.75) is 49.9 Å². The molecule has 2 nitrogen and oxygen atoms in total. The monoisotopic (exact) mass is 370 g/mol. The van der Waals surface area contributed by atoms with Crippen molar-refractivity contribution >= 4 is 39.9 Å². The van der Waals surface area contributed by atoms with Crippen LogP contribution in [0.15, 0.2) is 42.0 Å². The highest BCUT2D eigenvalue weighted by atomic mass is 35.5. The van der Waals surface area contributed by atoms with Crippen molar-refractivity contribution in [1.82, 2.24) is 4.98 Å². The Hall–Kier alpha value is -1.41. The molecule has 0 saturated heterocycles. The molecule has 4 heteroatoms. The molecule has 0 radical (unpaired) electrons. The molecule has 5 atom stereocenters. The van der Waals surface area contributed by atoms with Crippen molar-refractivity contribution in [2.75, 3.05) is 0 Å². The van der Waals surface area contributed by atoms with Gasteiger partial charge in [0.05, 0.1) is 11.2 Å². The molecule has 1 aromatic carbocycles. The third-order valence-corrected chi connectivity index (χ3v) is 7.65. The van der Waals surface area contributed by atoms with E-state index in [1.54, 1.807) is 0 Å². The van der Waals surface area contributed by atoms with Gasteiger partial charge in [-0.25, -0.2) is 4.99 Å². The van der Waals surface area contributed by atoms with Crippen molar-refractivity contribution in [1.29, 1.82) is 0 Å². The lowest BCUT2D eigenvalue weighted by molar-refractivity contribution is 0.108. The number of fused-ring (bicyclic) bond motifs is 2. The summed E-state index contributed by atoms with van der Waals surface area (Å²) < 4.78 is 0. The Morgan fingerprint density at radius 3 is 2.84 bits per heavy atom. The highest BCUT2D eigenvalue weighted by Gasteiger charge is 2.57. The fourth-order valence-electron chi connectivity index (χ4n) is 5.28. The maximum Gasteiger partial charge on any atom is 0.0776 e. The number of rotatable bonds is 2. The molecule has 1 fully saturated rings. The number of nitrogens with zero attached hydrogens (tertiary/aromatic N) is 1. The Morgan fingerprint density at radius 1 is 1.40 bits per heavy atom. The normalized spacial score (nSPS) is 35.7. The van der Waals surface area contributed by atoms with E-state index in [1.807, 2.05) is 6.08 Å². The molecule has 1 saturated carbocycles. The van der Waals surface area contributed by atoms with E-state index in [1.165, 1.54) is 22.0 Å². The molecule has 130 valence electrons. The Kier molecular flexibility index (Phi) is 3.77. The topological polar surface area (TPSA) is 28.1 Å². The lowest BCUT2D eigenvalue weighted by Crippen LogP contribution is -2.54. The number of hydrogen-bond donors (Lipinski definition) is 1. The summed E-state index contributed by atoms with van der Waals surface area (Å²) in [4.78, 5) is 8.11. The molecular formula is C21H23ClN2S. The molecule has 0 spiro atoms. The van der Waals surface area contributed by atoms with Gasteiger partial charge in [0.15, 0.2) is 0 Å². The number of thiocarbonyl (C=S) groups is 1. The predicted octanol–water partition coefficient (Wildman–Crippen LogP) is 5.83. The summed E-state index contributed by atoms with van der Waals surface area (Å²) in [5.41, 5.74) is 3.65. The van der Waals surface area contributed by atoms with Crippen LogP contribution >= 0.6 is 23.8 Å². The number of aromatic nitrogens is 1. The number of isothiocyanates is 1. The highest BCUT2D eigenvalue weighted by molar-refractivity contribution is 7.78. The summed E-state index contributed by atoms with van der Waals surface area (Å²) in [7, 11) is 0. The van der Waals surface area contributed by atoms with Crippen LogP contribution < -0.4 is 0 Å². The molecule has 4 rings (SSSR count). The second kappa shape index (κ2) is 5.54. The largest absolute Gasteiger partial charge is 0.361 e. The molecule has 0 unspecified atom stereocenters. The molecule has 2 aliphatic carbocycles. The smallest absolute Gasteiger partial charge is 0.0776 e. The van der Waals surface area contributed by atoms with Gasteiger partial charge in [0.2, 0.25) is 0 Å². The van der Waals surface area contributed by atoms with Gasteiger partial charge < -0.3 is 4.98 Å². The van der Waals surface area contributed by atoms with Crippen LogP contribution in [0.25, 0.3) is 10.9 Å². The summed E-state index contributed by atoms with van der Waals surface area (Å²) in [5.74, 6) is 0.654. The number of aromatic amines is 1. The molecule has 0 bridgehead atoms. The zero-order chi connectivity index (χ0) is 18.0. The highest BCUT2D eigenvalue weighted by Crippen LogP contribution is 2.60.